The van der Waals surface area contributed by atoms with Crippen molar-refractivity contribution in [1.29, 1.82) is 0 Å². The first-order valence-electron chi connectivity index (χ1n) is 35.5. The molecule has 4 saturated heterocycles. The third-order valence-corrected chi connectivity index (χ3v) is 22.7. The second-order valence-corrected chi connectivity index (χ2v) is 30.9. The summed E-state index contributed by atoms with van der Waals surface area (Å²) in [5, 5.41) is 7.60. The number of nitrogens with one attached hydrogen (secondary N) is 1. The lowest BCUT2D eigenvalue weighted by Crippen LogP contribution is -2.50. The number of carbonyl (C=O) groups is 5. The van der Waals surface area contributed by atoms with Gasteiger partial charge in [0.15, 0.2) is 0 Å². The van der Waals surface area contributed by atoms with Crippen molar-refractivity contribution in [2.24, 2.45) is 22.9 Å². The number of benzene rings is 4. The summed E-state index contributed by atoms with van der Waals surface area (Å²) in [6, 6.07) is 28.9. The number of amides is 5. The number of aromatic nitrogens is 8. The fourth-order valence-corrected chi connectivity index (χ4v) is 16.6. The maximum absolute atomic E-state index is 13.2. The smallest absolute Gasteiger partial charge is 0.272 e. The van der Waals surface area contributed by atoms with Crippen LogP contribution in [0.2, 0.25) is 40.2 Å². The fraction of sp³-hybridized carbons (Fsp3) is 0.269. The number of nitrogens with zero attached hydrogens (tertiary/aromatic N) is 13. The molecule has 111 heavy (non-hydrogen) atoms. The van der Waals surface area contributed by atoms with Gasteiger partial charge in [0.2, 0.25) is 5.91 Å². The van der Waals surface area contributed by atoms with Gasteiger partial charge in [-0.1, -0.05) is 117 Å². The molecule has 0 atom stereocenters. The van der Waals surface area contributed by atoms with Crippen molar-refractivity contribution in [2.45, 2.75) is 33.1 Å². The first-order chi connectivity index (χ1) is 53.6. The van der Waals surface area contributed by atoms with Crippen molar-refractivity contribution in [3.05, 3.63) is 232 Å². The van der Waals surface area contributed by atoms with Crippen molar-refractivity contribution in [2.75, 3.05) is 103 Å². The Hall–Kier alpha value is -8.58. The molecule has 0 aliphatic carbocycles. The molecule has 9 N–H and O–H groups in total. The number of piperazine rings is 2. The highest BCUT2D eigenvalue weighted by Gasteiger charge is 2.29. The van der Waals surface area contributed by atoms with Gasteiger partial charge in [-0.25, -0.2) is 19.9 Å². The zero-order valence-electron chi connectivity index (χ0n) is 60.0. The molecule has 0 spiro atoms. The van der Waals surface area contributed by atoms with Crippen molar-refractivity contribution in [3.63, 3.8) is 0 Å². The molecule has 0 unspecified atom stereocenters. The average Bonchev–Trinajstić information content (AvgIpc) is 1.72. The van der Waals surface area contributed by atoms with E-state index in [2.05, 4.69) is 25.3 Å². The van der Waals surface area contributed by atoms with Gasteiger partial charge >= 0.3 is 0 Å². The predicted molar refractivity (Wildman–Crippen MR) is 441 cm³/mol. The molecule has 5 amide bonds. The summed E-state index contributed by atoms with van der Waals surface area (Å²) in [6.07, 6.45) is 13.9. The van der Waals surface area contributed by atoms with Crippen LogP contribution >= 0.6 is 105 Å². The molecule has 0 radical (unpaired) electrons. The SMILES string of the molecule is CC(=O)N1CCN(C(=O)c2cnc3cc(CN)c(-c4ccc(Cl)cc4Cl)cn23)CC1.NCc1cc2ncc(C(=O)N3CCNCC3)n2cc1-c1ccc(Cl)cc1Cl.NCc1cc2ncc(C(=O)N3CCOCC3)n2cc1-c1ccc(Cl)cc1Cl.NCc1cc2ncc(C(=O)N3CCSCC3)n2cc1-c1ccc(Cl)cc1Cl. The van der Waals surface area contributed by atoms with E-state index in [9.17, 15) is 24.0 Å². The third kappa shape index (κ3) is 17.8. The van der Waals surface area contributed by atoms with E-state index in [1.54, 1.807) is 104 Å². The molecular weight excluding hydrogens is 1600 g/mol. The quantitative estimate of drug-likeness (QED) is 0.0759. The number of nitrogens with two attached hydrogens (primary N) is 4. The van der Waals surface area contributed by atoms with Crippen LogP contribution in [-0.4, -0.2) is 195 Å². The molecule has 0 saturated carbocycles. The molecule has 576 valence electrons. The lowest BCUT2D eigenvalue weighted by molar-refractivity contribution is -0.130. The van der Waals surface area contributed by atoms with Crippen LogP contribution in [0.25, 0.3) is 67.1 Å². The van der Waals surface area contributed by atoms with Gasteiger partial charge in [-0.05, 0) is 95.1 Å². The van der Waals surface area contributed by atoms with Gasteiger partial charge in [-0.15, -0.1) is 0 Å². The second-order valence-electron chi connectivity index (χ2n) is 26.3. The first-order valence-corrected chi connectivity index (χ1v) is 39.7. The normalized spacial score (nSPS) is 14.6. The molecule has 4 aliphatic heterocycles. The maximum atomic E-state index is 13.2. The van der Waals surface area contributed by atoms with Crippen molar-refractivity contribution >= 4 is 157 Å². The minimum atomic E-state index is -0.126. The van der Waals surface area contributed by atoms with Crippen LogP contribution in [0.1, 0.15) is 71.1 Å². The van der Waals surface area contributed by atoms with Crippen molar-refractivity contribution < 1.29 is 28.7 Å². The molecular formula is C78H76Cl8N18O6S. The van der Waals surface area contributed by atoms with E-state index in [1.165, 1.54) is 0 Å². The lowest BCUT2D eigenvalue weighted by Gasteiger charge is -2.34. The molecule has 12 aromatic rings. The van der Waals surface area contributed by atoms with E-state index in [1.807, 2.05) is 104 Å². The third-order valence-electron chi connectivity index (χ3n) is 19.6. The fourth-order valence-electron chi connectivity index (χ4n) is 13.6. The van der Waals surface area contributed by atoms with Crippen LogP contribution in [0.3, 0.4) is 0 Å². The number of morpholine rings is 1. The number of pyridine rings is 4. The van der Waals surface area contributed by atoms with Gasteiger partial charge in [0.25, 0.3) is 23.6 Å². The molecule has 4 aliphatic rings. The number of hydrogen-bond acceptors (Lipinski definition) is 16. The molecule has 4 fully saturated rings. The number of rotatable bonds is 12. The van der Waals surface area contributed by atoms with Gasteiger partial charge in [-0.3, -0.25) is 41.6 Å². The Morgan fingerprint density at radius 1 is 0.369 bits per heavy atom. The van der Waals surface area contributed by atoms with E-state index in [0.29, 0.717) is 177 Å². The summed E-state index contributed by atoms with van der Waals surface area (Å²) in [4.78, 5) is 90.2. The van der Waals surface area contributed by atoms with Crippen LogP contribution in [0.15, 0.2) is 147 Å². The number of carbonyl (C=O) groups excluding carboxylic acids is 5. The largest absolute Gasteiger partial charge is 0.378 e. The Morgan fingerprint density at radius 3 is 0.919 bits per heavy atom. The van der Waals surface area contributed by atoms with Crippen molar-refractivity contribution in [1.82, 2.24) is 67.4 Å². The Bertz CT molecular complexity index is 5130. The number of hydrogen-bond donors (Lipinski definition) is 5. The van der Waals surface area contributed by atoms with E-state index >= 15 is 0 Å². The van der Waals surface area contributed by atoms with E-state index < -0.39 is 0 Å². The second kappa shape index (κ2) is 36.1. The van der Waals surface area contributed by atoms with Crippen molar-refractivity contribution in [3.8, 4) is 44.5 Å². The Morgan fingerprint density at radius 2 is 0.640 bits per heavy atom. The number of ether oxygens (including phenoxy) is 1. The summed E-state index contributed by atoms with van der Waals surface area (Å²) in [6.45, 7) is 11.6. The number of fused-ring (bicyclic) bond motifs is 4. The van der Waals surface area contributed by atoms with Crippen LogP contribution in [-0.2, 0) is 35.7 Å². The summed E-state index contributed by atoms with van der Waals surface area (Å²) >= 11 is 51.6. The van der Waals surface area contributed by atoms with Gasteiger partial charge in [0.05, 0.1) is 38.0 Å². The highest BCUT2D eigenvalue weighted by atomic mass is 35.5. The topological polar surface area (TPSA) is 296 Å². The molecule has 12 heterocycles. The Balaban J connectivity index is 0.000000130. The average molecular weight is 1680 g/mol. The first kappa shape index (κ1) is 80.5. The zero-order valence-corrected chi connectivity index (χ0v) is 66.9. The summed E-state index contributed by atoms with van der Waals surface area (Å²) in [7, 11) is 0. The molecule has 24 nitrogen and oxygen atoms in total. The van der Waals surface area contributed by atoms with Gasteiger partial charge in [-0.2, -0.15) is 11.8 Å². The van der Waals surface area contributed by atoms with Crippen LogP contribution in [0.4, 0.5) is 0 Å². The number of halogens is 8. The molecule has 33 heteroatoms. The predicted octanol–water partition coefficient (Wildman–Crippen LogP) is 13.1. The van der Waals surface area contributed by atoms with Gasteiger partial charge in [0.1, 0.15) is 45.4 Å². The highest BCUT2D eigenvalue weighted by Crippen LogP contribution is 2.39. The highest BCUT2D eigenvalue weighted by molar-refractivity contribution is 7.99. The zero-order chi connectivity index (χ0) is 78.3. The standard InChI is InChI=1S/C21H21Cl2N5O2.C19H19Cl2N5O.C19H18Cl2N4O2.C19H18Cl2N4OS/c1-13(29)26-4-6-27(7-5-26)21(30)19-11-25-20-8-14(10-24)17(12-28(19)20)16-3-2-15(22)9-18(16)23;20-13-1-2-14(16(21)8-13)15-11-26-17(10-24-18(26)7-12(15)9-22)19(27)25-5-3-23-4-6-25;2*20-13-1-2-14(16(21)8-13)15-11-25-17(10-23-18(25)7-12(15)9-22)19(26)24-3-5-27-6-4-24/h2-3,8-9,11-12H,4-7,10,24H2,1H3;1-2,7-8,10-11,23H,3-6,9,22H2;2*1-2,7-8,10-11H,3-6,9,22H2. The molecule has 0 bridgehead atoms. The summed E-state index contributed by atoms with van der Waals surface area (Å²) in [5.41, 5.74) is 38.7. The summed E-state index contributed by atoms with van der Waals surface area (Å²) in [5.74, 6) is 1.72. The minimum Gasteiger partial charge on any atom is -0.378 e. The lowest BCUT2D eigenvalue weighted by atomic mass is 10.0. The number of thioether (sulfide) groups is 1. The summed E-state index contributed by atoms with van der Waals surface area (Å²) < 4.78 is 12.5. The van der Waals surface area contributed by atoms with Gasteiger partial charge in [0, 0.05) is 233 Å². The minimum absolute atomic E-state index is 0.00329. The molecule has 4 aromatic carbocycles. The van der Waals surface area contributed by atoms with Gasteiger partial charge < -0.3 is 57.5 Å². The maximum Gasteiger partial charge on any atom is 0.272 e. The van der Waals surface area contributed by atoms with Crippen LogP contribution in [0.5, 0.6) is 0 Å². The Kier molecular flexibility index (Phi) is 26.1. The number of imidazole rings is 4. The van der Waals surface area contributed by atoms with Crippen LogP contribution < -0.4 is 28.3 Å². The molecule has 8 aromatic heterocycles. The monoisotopic (exact) mass is 1670 g/mol. The van der Waals surface area contributed by atoms with E-state index in [0.717, 1.165) is 104 Å². The van der Waals surface area contributed by atoms with E-state index in [4.69, 9.17) is 120 Å². The Labute approximate surface area is 683 Å². The van der Waals surface area contributed by atoms with E-state index in [-0.39, 0.29) is 29.5 Å². The van der Waals surface area contributed by atoms with Crippen LogP contribution in [0, 0.1) is 0 Å². The molecule has 16 rings (SSSR count).